The zero-order valence-electron chi connectivity index (χ0n) is 21.5. The molecule has 4 rings (SSSR count). The molecule has 0 aromatic heterocycles. The van der Waals surface area contributed by atoms with E-state index in [9.17, 15) is 14.4 Å². The lowest BCUT2D eigenvalue weighted by atomic mass is 10.1. The second-order valence-corrected chi connectivity index (χ2v) is 8.90. The van der Waals surface area contributed by atoms with E-state index in [1.165, 1.54) is 6.08 Å². The third-order valence-electron chi connectivity index (χ3n) is 5.96. The molecule has 37 heavy (non-hydrogen) atoms. The molecule has 1 saturated heterocycles. The lowest BCUT2D eigenvalue weighted by Gasteiger charge is -2.26. The molecule has 4 amide bonds. The van der Waals surface area contributed by atoms with Gasteiger partial charge in [-0.1, -0.05) is 54.4 Å². The highest BCUT2D eigenvalue weighted by atomic mass is 16.5. The van der Waals surface area contributed by atoms with Crippen LogP contribution in [0.25, 0.3) is 6.08 Å². The molecular weight excluding hydrogens is 468 g/mol. The van der Waals surface area contributed by atoms with Crippen molar-refractivity contribution in [2.24, 2.45) is 0 Å². The third kappa shape index (κ3) is 5.89. The van der Waals surface area contributed by atoms with Gasteiger partial charge in [-0.15, -0.1) is 0 Å². The van der Waals surface area contributed by atoms with Crippen molar-refractivity contribution < 1.29 is 23.9 Å². The fourth-order valence-corrected chi connectivity index (χ4v) is 4.25. The van der Waals surface area contributed by atoms with Crippen molar-refractivity contribution in [1.29, 1.82) is 0 Å². The number of anilines is 1. The van der Waals surface area contributed by atoms with Crippen molar-refractivity contribution in [1.82, 2.24) is 5.32 Å². The first-order valence-corrected chi connectivity index (χ1v) is 12.3. The molecule has 0 aliphatic carbocycles. The van der Waals surface area contributed by atoms with Gasteiger partial charge in [-0.3, -0.25) is 14.9 Å². The number of rotatable bonds is 8. The summed E-state index contributed by atoms with van der Waals surface area (Å²) in [5, 5.41) is 2.26. The highest BCUT2D eigenvalue weighted by Gasteiger charge is 2.36. The summed E-state index contributed by atoms with van der Waals surface area (Å²) in [6, 6.07) is 17.8. The molecule has 7 heteroatoms. The predicted molar refractivity (Wildman–Crippen MR) is 143 cm³/mol. The van der Waals surface area contributed by atoms with Crippen molar-refractivity contribution in [3.8, 4) is 11.5 Å². The molecule has 0 bridgehead atoms. The van der Waals surface area contributed by atoms with Gasteiger partial charge in [0.1, 0.15) is 12.2 Å². The van der Waals surface area contributed by atoms with E-state index < -0.39 is 17.8 Å². The fourth-order valence-electron chi connectivity index (χ4n) is 4.25. The molecule has 0 atom stereocenters. The van der Waals surface area contributed by atoms with E-state index in [0.29, 0.717) is 36.0 Å². The predicted octanol–water partition coefficient (Wildman–Crippen LogP) is 5.51. The minimum absolute atomic E-state index is 0.148. The molecule has 1 fully saturated rings. The monoisotopic (exact) mass is 498 g/mol. The molecule has 7 nitrogen and oxygen atoms in total. The van der Waals surface area contributed by atoms with Crippen molar-refractivity contribution in [2.45, 2.75) is 40.7 Å². The maximum atomic E-state index is 13.2. The number of hydrogen-bond donors (Lipinski definition) is 1. The normalized spacial score (nSPS) is 14.6. The number of nitrogens with one attached hydrogen (secondary N) is 1. The number of benzene rings is 3. The van der Waals surface area contributed by atoms with Crippen LogP contribution >= 0.6 is 0 Å². The van der Waals surface area contributed by atoms with Gasteiger partial charge in [-0.2, -0.15) is 0 Å². The second kappa shape index (κ2) is 11.1. The van der Waals surface area contributed by atoms with Crippen molar-refractivity contribution in [2.75, 3.05) is 11.5 Å². The maximum absolute atomic E-state index is 13.2. The van der Waals surface area contributed by atoms with Gasteiger partial charge >= 0.3 is 6.03 Å². The van der Waals surface area contributed by atoms with E-state index in [-0.39, 0.29) is 5.57 Å². The van der Waals surface area contributed by atoms with Crippen LogP contribution in [0.15, 0.2) is 66.2 Å². The van der Waals surface area contributed by atoms with Crippen molar-refractivity contribution in [3.63, 3.8) is 0 Å². The van der Waals surface area contributed by atoms with E-state index in [1.807, 2.05) is 39.8 Å². The standard InChI is InChI=1S/C30H30N2O5/c1-5-21-7-10-24(11-8-21)32-29(34)25(28(33)31-30(32)35)16-22-9-12-26(27(17-22)36-6-2)37-18-23-14-19(3)13-20(4)15-23/h7-17H,5-6,18H2,1-4H3,(H,31,33,35)/b25-16+. The second-order valence-electron chi connectivity index (χ2n) is 8.90. The smallest absolute Gasteiger partial charge is 0.335 e. The van der Waals surface area contributed by atoms with E-state index in [2.05, 4.69) is 23.5 Å². The minimum Gasteiger partial charge on any atom is -0.490 e. The quantitative estimate of drug-likeness (QED) is 0.327. The molecule has 3 aromatic carbocycles. The molecule has 3 aromatic rings. The first-order valence-electron chi connectivity index (χ1n) is 12.3. The van der Waals surface area contributed by atoms with Crippen LogP contribution in [-0.2, 0) is 22.6 Å². The number of ether oxygens (including phenoxy) is 2. The lowest BCUT2D eigenvalue weighted by molar-refractivity contribution is -0.122. The van der Waals surface area contributed by atoms with Crippen molar-refractivity contribution in [3.05, 3.63) is 94.1 Å². The highest BCUT2D eigenvalue weighted by Crippen LogP contribution is 2.31. The number of carbonyl (C=O) groups excluding carboxylic acids is 3. The summed E-state index contributed by atoms with van der Waals surface area (Å²) in [5.41, 5.74) is 5.26. The maximum Gasteiger partial charge on any atom is 0.335 e. The molecule has 1 N–H and O–H groups in total. The number of hydrogen-bond acceptors (Lipinski definition) is 5. The molecule has 0 unspecified atom stereocenters. The summed E-state index contributed by atoms with van der Waals surface area (Å²) in [5.74, 6) is -0.390. The van der Waals surface area contributed by atoms with Crippen LogP contribution in [0.3, 0.4) is 0 Å². The summed E-state index contributed by atoms with van der Waals surface area (Å²) >= 11 is 0. The van der Waals surface area contributed by atoms with Gasteiger partial charge in [0.25, 0.3) is 11.8 Å². The van der Waals surface area contributed by atoms with Gasteiger partial charge in [-0.25, -0.2) is 9.69 Å². The topological polar surface area (TPSA) is 84.9 Å². The van der Waals surface area contributed by atoms with Crippen LogP contribution in [0, 0.1) is 13.8 Å². The molecule has 0 saturated carbocycles. The van der Waals surface area contributed by atoms with E-state index in [4.69, 9.17) is 9.47 Å². The lowest BCUT2D eigenvalue weighted by Crippen LogP contribution is -2.54. The van der Waals surface area contributed by atoms with E-state index in [0.717, 1.165) is 33.6 Å². The number of carbonyl (C=O) groups is 3. The number of nitrogens with zero attached hydrogens (tertiary/aromatic N) is 1. The first-order chi connectivity index (χ1) is 17.8. The third-order valence-corrected chi connectivity index (χ3v) is 5.96. The molecule has 1 aliphatic rings. The molecule has 190 valence electrons. The Labute approximate surface area is 216 Å². The summed E-state index contributed by atoms with van der Waals surface area (Å²) in [7, 11) is 0. The number of amides is 4. The Hall–Kier alpha value is -4.39. The highest BCUT2D eigenvalue weighted by molar-refractivity contribution is 6.39. The van der Waals surface area contributed by atoms with Gasteiger partial charge in [0.05, 0.1) is 12.3 Å². The van der Waals surface area contributed by atoms with Crippen molar-refractivity contribution >= 4 is 29.6 Å². The van der Waals surface area contributed by atoms with Crippen LogP contribution in [0.2, 0.25) is 0 Å². The van der Waals surface area contributed by atoms with Gasteiger partial charge in [0, 0.05) is 0 Å². The number of urea groups is 1. The Morgan fingerprint density at radius 2 is 1.51 bits per heavy atom. The molecular formula is C30H30N2O5. The zero-order valence-corrected chi connectivity index (χ0v) is 21.5. The van der Waals surface area contributed by atoms with Gasteiger partial charge in [0.2, 0.25) is 0 Å². The van der Waals surface area contributed by atoms with Crippen LogP contribution in [0.5, 0.6) is 11.5 Å². The van der Waals surface area contributed by atoms with Crippen LogP contribution in [-0.4, -0.2) is 24.5 Å². The summed E-state index contributed by atoms with van der Waals surface area (Å²) < 4.78 is 11.8. The molecule has 0 spiro atoms. The fraction of sp³-hybridized carbons (Fsp3) is 0.233. The zero-order chi connectivity index (χ0) is 26.5. The Kier molecular flexibility index (Phi) is 7.72. The Morgan fingerprint density at radius 1 is 0.811 bits per heavy atom. The molecule has 1 aliphatic heterocycles. The SMILES string of the molecule is CCOc1cc(/C=C2\C(=O)NC(=O)N(c3ccc(CC)cc3)C2=O)ccc1OCc1cc(C)cc(C)c1. The summed E-state index contributed by atoms with van der Waals surface area (Å²) in [6.45, 7) is 8.76. The van der Waals surface area contributed by atoms with E-state index in [1.54, 1.807) is 30.3 Å². The molecule has 1 heterocycles. The largest absolute Gasteiger partial charge is 0.490 e. The Morgan fingerprint density at radius 3 is 2.16 bits per heavy atom. The number of barbiturate groups is 1. The van der Waals surface area contributed by atoms with Gasteiger partial charge in [0.15, 0.2) is 11.5 Å². The average Bonchev–Trinajstić information content (AvgIpc) is 2.86. The van der Waals surface area contributed by atoms with E-state index >= 15 is 0 Å². The van der Waals surface area contributed by atoms with Gasteiger partial charge < -0.3 is 9.47 Å². The van der Waals surface area contributed by atoms with Crippen LogP contribution < -0.4 is 19.7 Å². The first kappa shape index (κ1) is 25.7. The van der Waals surface area contributed by atoms with Gasteiger partial charge in [-0.05, 0) is 74.2 Å². The van der Waals surface area contributed by atoms with Crippen LogP contribution in [0.1, 0.15) is 41.7 Å². The summed E-state index contributed by atoms with van der Waals surface area (Å²) in [6.07, 6.45) is 2.28. The average molecular weight is 499 g/mol. The molecule has 0 radical (unpaired) electrons. The minimum atomic E-state index is -0.776. The van der Waals surface area contributed by atoms with Crippen LogP contribution in [0.4, 0.5) is 10.5 Å². The Balaban J connectivity index is 1.60. The number of imide groups is 2. The Bertz CT molecular complexity index is 1350. The number of aryl methyl sites for hydroxylation is 3. The summed E-state index contributed by atoms with van der Waals surface area (Å²) in [4.78, 5) is 39.3.